The molecule has 0 N–H and O–H groups in total. The van der Waals surface area contributed by atoms with Crippen LogP contribution in [-0.4, -0.2) is 33.7 Å². The quantitative estimate of drug-likeness (QED) is 0.613. The van der Waals surface area contributed by atoms with Gasteiger partial charge in [0.1, 0.15) is 5.56 Å². The van der Waals surface area contributed by atoms with Crippen molar-refractivity contribution in [3.63, 3.8) is 0 Å². The van der Waals surface area contributed by atoms with Gasteiger partial charge in [0.2, 0.25) is 0 Å². The number of carbonyl (C=O) groups excluding carboxylic acids is 1. The van der Waals surface area contributed by atoms with Crippen molar-refractivity contribution in [1.82, 2.24) is 14.7 Å². The molecule has 21 heavy (non-hydrogen) atoms. The Bertz CT molecular complexity index is 653. The SMILES string of the molecule is Cn1ccc(C2CCCN(C(=O)c3ccc[n+]([O-])c3)C2)n1. The number of hydrogen-bond donors (Lipinski definition) is 0. The molecule has 6 nitrogen and oxygen atoms in total. The molecule has 1 saturated heterocycles. The molecular formula is C15H18N4O2. The van der Waals surface area contributed by atoms with E-state index in [1.807, 2.05) is 24.2 Å². The van der Waals surface area contributed by atoms with E-state index in [9.17, 15) is 10.0 Å². The van der Waals surface area contributed by atoms with Gasteiger partial charge in [0.05, 0.1) is 5.69 Å². The lowest BCUT2D eigenvalue weighted by Crippen LogP contribution is -2.40. The standard InChI is InChI=1S/C15H18N4O2/c1-17-9-6-14(16-17)12-4-2-7-18(10-12)15(20)13-5-3-8-19(21)11-13/h3,5-6,8-9,11-12H,2,4,7,10H2,1H3. The minimum absolute atomic E-state index is 0.0826. The molecule has 2 aromatic rings. The van der Waals surface area contributed by atoms with Gasteiger partial charge in [-0.2, -0.15) is 9.83 Å². The highest BCUT2D eigenvalue weighted by Gasteiger charge is 2.27. The number of pyridine rings is 1. The van der Waals surface area contributed by atoms with Crippen LogP contribution in [0.3, 0.4) is 0 Å². The van der Waals surface area contributed by atoms with Crippen molar-refractivity contribution >= 4 is 5.91 Å². The van der Waals surface area contributed by atoms with Crippen molar-refractivity contribution in [2.45, 2.75) is 18.8 Å². The van der Waals surface area contributed by atoms with Crippen LogP contribution in [0.1, 0.15) is 34.8 Å². The fourth-order valence-corrected chi connectivity index (χ4v) is 2.82. The molecule has 110 valence electrons. The molecule has 3 rings (SSSR count). The van der Waals surface area contributed by atoms with Crippen LogP contribution in [0.15, 0.2) is 36.8 Å². The summed E-state index contributed by atoms with van der Waals surface area (Å²) in [6.45, 7) is 1.39. The summed E-state index contributed by atoms with van der Waals surface area (Å²) in [7, 11) is 1.90. The fraction of sp³-hybridized carbons (Fsp3) is 0.400. The van der Waals surface area contributed by atoms with E-state index in [1.54, 1.807) is 16.8 Å². The molecule has 0 saturated carbocycles. The minimum atomic E-state index is -0.0826. The predicted octanol–water partition coefficient (Wildman–Crippen LogP) is 1.07. The molecule has 0 radical (unpaired) electrons. The predicted molar refractivity (Wildman–Crippen MR) is 76.5 cm³/mol. The summed E-state index contributed by atoms with van der Waals surface area (Å²) in [5.74, 6) is 0.188. The summed E-state index contributed by atoms with van der Waals surface area (Å²) < 4.78 is 2.45. The molecule has 0 aromatic carbocycles. The zero-order valence-corrected chi connectivity index (χ0v) is 12.0. The number of carbonyl (C=O) groups is 1. The second-order valence-corrected chi connectivity index (χ2v) is 5.46. The van der Waals surface area contributed by atoms with Gasteiger partial charge in [-0.3, -0.25) is 9.48 Å². The number of rotatable bonds is 2. The first-order valence-corrected chi connectivity index (χ1v) is 7.11. The second-order valence-electron chi connectivity index (χ2n) is 5.46. The lowest BCUT2D eigenvalue weighted by atomic mass is 9.94. The molecule has 1 aliphatic heterocycles. The van der Waals surface area contributed by atoms with E-state index in [-0.39, 0.29) is 11.8 Å². The molecule has 1 atom stereocenters. The first-order chi connectivity index (χ1) is 10.1. The van der Waals surface area contributed by atoms with Crippen molar-refractivity contribution in [3.05, 3.63) is 53.3 Å². The third-order valence-electron chi connectivity index (χ3n) is 3.88. The average Bonchev–Trinajstić information content (AvgIpc) is 2.93. The lowest BCUT2D eigenvalue weighted by molar-refractivity contribution is -0.605. The van der Waals surface area contributed by atoms with Crippen molar-refractivity contribution in [2.75, 3.05) is 13.1 Å². The summed E-state index contributed by atoms with van der Waals surface area (Å²) >= 11 is 0. The van der Waals surface area contributed by atoms with E-state index < -0.39 is 0 Å². The van der Waals surface area contributed by atoms with Crippen molar-refractivity contribution in [1.29, 1.82) is 0 Å². The van der Waals surface area contributed by atoms with Crippen molar-refractivity contribution in [2.24, 2.45) is 7.05 Å². The zero-order valence-electron chi connectivity index (χ0n) is 12.0. The van der Waals surface area contributed by atoms with Crippen LogP contribution in [-0.2, 0) is 7.05 Å². The maximum Gasteiger partial charge on any atom is 0.259 e. The van der Waals surface area contributed by atoms with E-state index in [1.165, 1.54) is 12.4 Å². The molecule has 1 unspecified atom stereocenters. The Balaban J connectivity index is 1.75. The number of nitrogens with zero attached hydrogens (tertiary/aromatic N) is 4. The molecule has 3 heterocycles. The summed E-state index contributed by atoms with van der Waals surface area (Å²) in [6, 6.07) is 5.29. The third kappa shape index (κ3) is 2.89. The van der Waals surface area contributed by atoms with E-state index in [0.717, 1.165) is 25.1 Å². The largest absolute Gasteiger partial charge is 0.619 e. The molecule has 1 fully saturated rings. The van der Waals surface area contributed by atoms with Crippen LogP contribution < -0.4 is 4.73 Å². The first kappa shape index (κ1) is 13.6. The molecule has 1 amide bonds. The van der Waals surface area contributed by atoms with Gasteiger partial charge in [0, 0.05) is 38.3 Å². The smallest absolute Gasteiger partial charge is 0.259 e. The van der Waals surface area contributed by atoms with Gasteiger partial charge in [0.25, 0.3) is 5.91 Å². The molecule has 0 spiro atoms. The molecule has 0 bridgehead atoms. The number of piperidine rings is 1. The Morgan fingerprint density at radius 3 is 3.05 bits per heavy atom. The van der Waals surface area contributed by atoms with Gasteiger partial charge in [-0.25, -0.2) is 0 Å². The number of amides is 1. The topological polar surface area (TPSA) is 65.1 Å². The minimum Gasteiger partial charge on any atom is -0.619 e. The average molecular weight is 286 g/mol. The van der Waals surface area contributed by atoms with Crippen LogP contribution in [0.5, 0.6) is 0 Å². The third-order valence-corrected chi connectivity index (χ3v) is 3.88. The Hall–Kier alpha value is -2.37. The molecule has 0 aliphatic carbocycles. The van der Waals surface area contributed by atoms with Crippen LogP contribution >= 0.6 is 0 Å². The Labute approximate surface area is 123 Å². The first-order valence-electron chi connectivity index (χ1n) is 7.11. The highest BCUT2D eigenvalue weighted by atomic mass is 16.5. The number of aryl methyl sites for hydroxylation is 1. The zero-order chi connectivity index (χ0) is 14.8. The molecule has 1 aliphatic rings. The Kier molecular flexibility index (Phi) is 3.60. The Morgan fingerprint density at radius 2 is 2.33 bits per heavy atom. The van der Waals surface area contributed by atoms with Gasteiger partial charge >= 0.3 is 0 Å². The number of aromatic nitrogens is 3. The molecular weight excluding hydrogens is 268 g/mol. The van der Waals surface area contributed by atoms with E-state index >= 15 is 0 Å². The summed E-state index contributed by atoms with van der Waals surface area (Å²) in [4.78, 5) is 14.3. The van der Waals surface area contributed by atoms with Gasteiger partial charge in [0.15, 0.2) is 12.4 Å². The summed E-state index contributed by atoms with van der Waals surface area (Å²) in [5.41, 5.74) is 1.47. The Morgan fingerprint density at radius 1 is 1.48 bits per heavy atom. The van der Waals surface area contributed by atoms with Crippen LogP contribution in [0.4, 0.5) is 0 Å². The molecule has 2 aromatic heterocycles. The van der Waals surface area contributed by atoms with Crippen LogP contribution in [0.2, 0.25) is 0 Å². The number of likely N-dealkylation sites (tertiary alicyclic amines) is 1. The van der Waals surface area contributed by atoms with Crippen LogP contribution in [0, 0.1) is 5.21 Å². The van der Waals surface area contributed by atoms with E-state index in [0.29, 0.717) is 16.8 Å². The summed E-state index contributed by atoms with van der Waals surface area (Å²) in [6.07, 6.45) is 6.62. The lowest BCUT2D eigenvalue weighted by Gasteiger charge is -2.31. The van der Waals surface area contributed by atoms with E-state index in [4.69, 9.17) is 0 Å². The second kappa shape index (κ2) is 5.55. The van der Waals surface area contributed by atoms with Gasteiger partial charge in [-0.1, -0.05) is 0 Å². The fourth-order valence-electron chi connectivity index (χ4n) is 2.82. The van der Waals surface area contributed by atoms with Crippen molar-refractivity contribution < 1.29 is 9.52 Å². The van der Waals surface area contributed by atoms with Gasteiger partial charge in [-0.05, 0) is 25.0 Å². The van der Waals surface area contributed by atoms with Gasteiger partial charge in [-0.15, -0.1) is 0 Å². The maximum atomic E-state index is 12.5. The van der Waals surface area contributed by atoms with E-state index in [2.05, 4.69) is 5.10 Å². The monoisotopic (exact) mass is 286 g/mol. The van der Waals surface area contributed by atoms with Gasteiger partial charge < -0.3 is 10.1 Å². The highest BCUT2D eigenvalue weighted by Crippen LogP contribution is 2.26. The van der Waals surface area contributed by atoms with Crippen molar-refractivity contribution in [3.8, 4) is 0 Å². The maximum absolute atomic E-state index is 12.5. The number of hydrogen-bond acceptors (Lipinski definition) is 3. The molecule has 6 heteroatoms. The highest BCUT2D eigenvalue weighted by molar-refractivity contribution is 5.93. The summed E-state index contributed by atoms with van der Waals surface area (Å²) in [5, 5.41) is 15.7. The normalized spacial score (nSPS) is 18.7. The van der Waals surface area contributed by atoms with Crippen LogP contribution in [0.25, 0.3) is 0 Å².